The molecule has 0 saturated heterocycles. The third-order valence-corrected chi connectivity index (χ3v) is 1.94. The molecule has 1 aliphatic rings. The molecule has 2 heterocycles. The number of nitrogens with one attached hydrogen (secondary N) is 1. The number of anilines is 1. The Morgan fingerprint density at radius 1 is 1.58 bits per heavy atom. The minimum Gasteiger partial charge on any atom is -0.388 e. The topological polar surface area (TPSA) is 45.1 Å². The Bertz CT molecular complexity index is 267. The van der Waals surface area contributed by atoms with Crippen LogP contribution in [0.15, 0.2) is 18.5 Å². The molecule has 1 aliphatic heterocycles. The van der Waals surface area contributed by atoms with E-state index in [1.807, 2.05) is 6.07 Å². The number of aromatic nitrogens is 1. The lowest BCUT2D eigenvalue weighted by Crippen LogP contribution is -2.16. The van der Waals surface area contributed by atoms with Gasteiger partial charge in [0, 0.05) is 30.2 Å². The number of fused-ring (bicyclic) bond motifs is 1. The van der Waals surface area contributed by atoms with Crippen molar-refractivity contribution in [3.05, 3.63) is 24.0 Å². The minimum absolute atomic E-state index is 0. The molecule has 2 N–H and O–H groups in total. The zero-order valence-corrected chi connectivity index (χ0v) is 7.34. The summed E-state index contributed by atoms with van der Waals surface area (Å²) in [6, 6.07) is 1.89. The molecule has 0 saturated carbocycles. The third kappa shape index (κ3) is 1.52. The second-order valence-corrected chi connectivity index (χ2v) is 2.69. The van der Waals surface area contributed by atoms with E-state index < -0.39 is 0 Å². The van der Waals surface area contributed by atoms with E-state index in [1.54, 1.807) is 12.4 Å². The van der Waals surface area contributed by atoms with E-state index in [0.29, 0.717) is 0 Å². The normalized spacial score (nSPS) is 20.2. The van der Waals surface area contributed by atoms with Crippen molar-refractivity contribution >= 4 is 18.1 Å². The molecule has 1 atom stereocenters. The lowest BCUT2D eigenvalue weighted by molar-refractivity contribution is 0.168. The molecule has 1 aromatic heterocycles. The largest absolute Gasteiger partial charge is 0.388 e. The van der Waals surface area contributed by atoms with Gasteiger partial charge >= 0.3 is 0 Å². The second kappa shape index (κ2) is 3.74. The molecule has 12 heavy (non-hydrogen) atoms. The summed E-state index contributed by atoms with van der Waals surface area (Å²) in [4.78, 5) is 3.95. The van der Waals surface area contributed by atoms with Crippen LogP contribution in [0.2, 0.25) is 0 Å². The molecule has 0 spiro atoms. The number of aliphatic hydroxyl groups excluding tert-OH is 1. The van der Waals surface area contributed by atoms with E-state index in [1.165, 1.54) is 0 Å². The quantitative estimate of drug-likeness (QED) is 0.643. The average Bonchev–Trinajstić information content (AvgIpc) is 2.06. The SMILES string of the molecule is Cl.OC1CCNc2ccncc21. The van der Waals surface area contributed by atoms with Gasteiger partial charge in [0.25, 0.3) is 0 Å². The highest BCUT2D eigenvalue weighted by molar-refractivity contribution is 5.85. The van der Waals surface area contributed by atoms with Crippen LogP contribution >= 0.6 is 12.4 Å². The number of halogens is 1. The zero-order valence-electron chi connectivity index (χ0n) is 6.53. The first kappa shape index (κ1) is 9.29. The van der Waals surface area contributed by atoms with Crippen LogP contribution in [0, 0.1) is 0 Å². The Labute approximate surface area is 77.2 Å². The molecule has 1 unspecified atom stereocenters. The van der Waals surface area contributed by atoms with Gasteiger partial charge in [0.05, 0.1) is 6.10 Å². The molecule has 0 amide bonds. The van der Waals surface area contributed by atoms with E-state index in [9.17, 15) is 5.11 Å². The predicted octanol–water partition coefficient (Wildman–Crippen LogP) is 1.35. The van der Waals surface area contributed by atoms with Crippen LogP contribution in [0.4, 0.5) is 5.69 Å². The summed E-state index contributed by atoms with van der Waals surface area (Å²) in [6.07, 6.45) is 3.88. The van der Waals surface area contributed by atoms with E-state index in [2.05, 4.69) is 10.3 Å². The van der Waals surface area contributed by atoms with E-state index in [0.717, 1.165) is 24.2 Å². The fraction of sp³-hybridized carbons (Fsp3) is 0.375. The number of pyridine rings is 1. The fourth-order valence-electron chi connectivity index (χ4n) is 1.33. The van der Waals surface area contributed by atoms with E-state index >= 15 is 0 Å². The van der Waals surface area contributed by atoms with E-state index in [4.69, 9.17) is 0 Å². The van der Waals surface area contributed by atoms with Gasteiger partial charge in [-0.15, -0.1) is 12.4 Å². The molecular formula is C8H11ClN2O. The van der Waals surface area contributed by atoms with Crippen molar-refractivity contribution in [3.63, 3.8) is 0 Å². The van der Waals surface area contributed by atoms with Crippen molar-refractivity contribution in [2.75, 3.05) is 11.9 Å². The standard InChI is InChI=1S/C8H10N2O.ClH/c11-8-2-4-10-7-1-3-9-5-6(7)8;/h1,3,5,8,10-11H,2,4H2;1H. The highest BCUT2D eigenvalue weighted by Gasteiger charge is 2.16. The summed E-state index contributed by atoms with van der Waals surface area (Å²) in [5, 5.41) is 12.7. The molecular weight excluding hydrogens is 176 g/mol. The van der Waals surface area contributed by atoms with Crippen LogP contribution in [0.5, 0.6) is 0 Å². The van der Waals surface area contributed by atoms with Crippen LogP contribution in [0.1, 0.15) is 18.1 Å². The van der Waals surface area contributed by atoms with Gasteiger partial charge in [0.2, 0.25) is 0 Å². The summed E-state index contributed by atoms with van der Waals surface area (Å²) >= 11 is 0. The van der Waals surface area contributed by atoms with Crippen molar-refractivity contribution in [2.45, 2.75) is 12.5 Å². The molecule has 66 valence electrons. The Kier molecular flexibility index (Phi) is 2.89. The Balaban J connectivity index is 0.000000720. The van der Waals surface area contributed by atoms with E-state index in [-0.39, 0.29) is 18.5 Å². The molecule has 0 aliphatic carbocycles. The monoisotopic (exact) mass is 186 g/mol. The maximum atomic E-state index is 9.48. The van der Waals surface area contributed by atoms with Crippen LogP contribution in [-0.4, -0.2) is 16.6 Å². The lowest BCUT2D eigenvalue weighted by atomic mass is 10.0. The Morgan fingerprint density at radius 2 is 2.42 bits per heavy atom. The van der Waals surface area contributed by atoms with Gasteiger partial charge in [-0.1, -0.05) is 0 Å². The van der Waals surface area contributed by atoms with Gasteiger partial charge in [-0.25, -0.2) is 0 Å². The van der Waals surface area contributed by atoms with Gasteiger partial charge < -0.3 is 10.4 Å². The Hall–Kier alpha value is -0.800. The van der Waals surface area contributed by atoms with Crippen LogP contribution in [0.25, 0.3) is 0 Å². The number of hydrogen-bond acceptors (Lipinski definition) is 3. The highest BCUT2D eigenvalue weighted by Crippen LogP contribution is 2.27. The minimum atomic E-state index is -0.333. The van der Waals surface area contributed by atoms with Crippen LogP contribution < -0.4 is 5.32 Å². The maximum absolute atomic E-state index is 9.48. The fourth-order valence-corrected chi connectivity index (χ4v) is 1.33. The van der Waals surface area contributed by atoms with Crippen molar-refractivity contribution in [2.24, 2.45) is 0 Å². The summed E-state index contributed by atoms with van der Waals surface area (Å²) in [5.41, 5.74) is 1.93. The van der Waals surface area contributed by atoms with Gasteiger partial charge in [-0.2, -0.15) is 0 Å². The molecule has 1 aromatic rings. The summed E-state index contributed by atoms with van der Waals surface area (Å²) in [6.45, 7) is 0.845. The third-order valence-electron chi connectivity index (χ3n) is 1.94. The molecule has 3 nitrogen and oxygen atoms in total. The molecule has 0 fully saturated rings. The molecule has 4 heteroatoms. The lowest BCUT2D eigenvalue weighted by Gasteiger charge is -2.21. The Morgan fingerprint density at radius 3 is 3.17 bits per heavy atom. The highest BCUT2D eigenvalue weighted by atomic mass is 35.5. The number of aliphatic hydroxyl groups is 1. The van der Waals surface area contributed by atoms with Gasteiger partial charge in [-0.3, -0.25) is 4.98 Å². The van der Waals surface area contributed by atoms with Gasteiger partial charge in [-0.05, 0) is 12.5 Å². The zero-order chi connectivity index (χ0) is 7.68. The first-order valence-electron chi connectivity index (χ1n) is 3.74. The first-order chi connectivity index (χ1) is 5.38. The molecule has 2 rings (SSSR count). The molecule has 0 bridgehead atoms. The summed E-state index contributed by atoms with van der Waals surface area (Å²) in [5.74, 6) is 0. The summed E-state index contributed by atoms with van der Waals surface area (Å²) < 4.78 is 0. The maximum Gasteiger partial charge on any atom is 0.0841 e. The second-order valence-electron chi connectivity index (χ2n) is 2.69. The summed E-state index contributed by atoms with van der Waals surface area (Å²) in [7, 11) is 0. The van der Waals surface area contributed by atoms with Crippen molar-refractivity contribution in [1.82, 2.24) is 4.98 Å². The van der Waals surface area contributed by atoms with Crippen LogP contribution in [-0.2, 0) is 0 Å². The van der Waals surface area contributed by atoms with Crippen LogP contribution in [0.3, 0.4) is 0 Å². The van der Waals surface area contributed by atoms with Gasteiger partial charge in [0.15, 0.2) is 0 Å². The van der Waals surface area contributed by atoms with Crippen molar-refractivity contribution < 1.29 is 5.11 Å². The number of hydrogen-bond donors (Lipinski definition) is 2. The van der Waals surface area contributed by atoms with Gasteiger partial charge in [0.1, 0.15) is 0 Å². The number of rotatable bonds is 0. The van der Waals surface area contributed by atoms with Crippen molar-refractivity contribution in [3.8, 4) is 0 Å². The molecule has 0 radical (unpaired) electrons. The van der Waals surface area contributed by atoms with Crippen molar-refractivity contribution in [1.29, 1.82) is 0 Å². The average molecular weight is 187 g/mol. The molecule has 0 aromatic carbocycles. The smallest absolute Gasteiger partial charge is 0.0841 e. The number of nitrogens with zero attached hydrogens (tertiary/aromatic N) is 1. The predicted molar refractivity (Wildman–Crippen MR) is 49.6 cm³/mol. The first-order valence-corrected chi connectivity index (χ1v) is 3.74.